The minimum absolute atomic E-state index is 0.208. The summed E-state index contributed by atoms with van der Waals surface area (Å²) in [6.07, 6.45) is 10.0. The van der Waals surface area contributed by atoms with E-state index in [0.717, 1.165) is 24.4 Å². The van der Waals surface area contributed by atoms with Gasteiger partial charge in [0.1, 0.15) is 0 Å². The van der Waals surface area contributed by atoms with Crippen molar-refractivity contribution in [3.63, 3.8) is 0 Å². The minimum Gasteiger partial charge on any atom is -0.252 e. The van der Waals surface area contributed by atoms with Crippen molar-refractivity contribution in [3.05, 3.63) is 5.28 Å². The second kappa shape index (κ2) is 9.87. The van der Waals surface area contributed by atoms with E-state index in [1.54, 1.807) is 0 Å². The zero-order valence-corrected chi connectivity index (χ0v) is 13.3. The molecule has 18 heavy (non-hydrogen) atoms. The lowest BCUT2D eigenvalue weighted by atomic mass is 10.1. The van der Waals surface area contributed by atoms with Crippen molar-refractivity contribution < 1.29 is 4.21 Å². The molecular formula is C12H21ClN2OS2. The van der Waals surface area contributed by atoms with E-state index >= 15 is 0 Å². The van der Waals surface area contributed by atoms with Crippen LogP contribution in [0.2, 0.25) is 5.28 Å². The summed E-state index contributed by atoms with van der Waals surface area (Å²) in [6.45, 7) is 2.23. The summed E-state index contributed by atoms with van der Waals surface area (Å²) < 4.78 is 16.2. The fourth-order valence-corrected chi connectivity index (χ4v) is 3.87. The van der Waals surface area contributed by atoms with Gasteiger partial charge in [-0.15, -0.1) is 0 Å². The molecule has 0 N–H and O–H groups in total. The number of unbranched alkanes of at least 4 members (excludes halogenated alkanes) is 7. The number of hydrogen-bond acceptors (Lipinski definition) is 4. The van der Waals surface area contributed by atoms with Gasteiger partial charge < -0.3 is 0 Å². The molecule has 3 nitrogen and oxygen atoms in total. The summed E-state index contributed by atoms with van der Waals surface area (Å²) >= 11 is 6.74. The van der Waals surface area contributed by atoms with Crippen LogP contribution in [0.3, 0.4) is 0 Å². The van der Waals surface area contributed by atoms with E-state index in [1.165, 1.54) is 38.5 Å². The van der Waals surface area contributed by atoms with E-state index in [1.807, 2.05) is 0 Å². The van der Waals surface area contributed by atoms with Crippen LogP contribution in [-0.2, 0) is 10.8 Å². The molecule has 0 fully saturated rings. The van der Waals surface area contributed by atoms with Gasteiger partial charge >= 0.3 is 0 Å². The Hall–Kier alpha value is -0.0000000000000000833. The van der Waals surface area contributed by atoms with Crippen LogP contribution in [0.5, 0.6) is 0 Å². The highest BCUT2D eigenvalue weighted by Crippen LogP contribution is 2.15. The van der Waals surface area contributed by atoms with Crippen molar-refractivity contribution in [1.29, 1.82) is 0 Å². The van der Waals surface area contributed by atoms with Gasteiger partial charge in [0.25, 0.3) is 0 Å². The number of nitrogens with zero attached hydrogens (tertiary/aromatic N) is 2. The van der Waals surface area contributed by atoms with E-state index in [-0.39, 0.29) is 5.28 Å². The van der Waals surface area contributed by atoms with Gasteiger partial charge in [-0.05, 0) is 29.6 Å². The van der Waals surface area contributed by atoms with Crippen LogP contribution in [0.25, 0.3) is 0 Å². The lowest BCUT2D eigenvalue weighted by molar-refractivity contribution is 0.584. The quantitative estimate of drug-likeness (QED) is 0.600. The Kier molecular flexibility index (Phi) is 8.80. The molecule has 0 amide bonds. The van der Waals surface area contributed by atoms with Crippen molar-refractivity contribution in [3.8, 4) is 0 Å². The maximum atomic E-state index is 11.8. The van der Waals surface area contributed by atoms with E-state index in [2.05, 4.69) is 16.3 Å². The Morgan fingerprint density at radius 1 is 1.11 bits per heavy atom. The monoisotopic (exact) mass is 308 g/mol. The van der Waals surface area contributed by atoms with Crippen molar-refractivity contribution in [2.45, 2.75) is 62.6 Å². The smallest absolute Gasteiger partial charge is 0.235 e. The lowest BCUT2D eigenvalue weighted by Crippen LogP contribution is -1.97. The largest absolute Gasteiger partial charge is 0.252 e. The SMILES string of the molecule is CCCCCCCCCCS(=O)c1nc(Cl)ns1. The molecule has 1 aromatic rings. The van der Waals surface area contributed by atoms with Gasteiger partial charge in [0.05, 0.1) is 10.8 Å². The molecule has 1 heterocycles. The molecule has 104 valence electrons. The van der Waals surface area contributed by atoms with E-state index < -0.39 is 10.8 Å². The highest BCUT2D eigenvalue weighted by Gasteiger charge is 2.09. The third-order valence-electron chi connectivity index (χ3n) is 2.76. The Labute approximate surface area is 121 Å². The predicted molar refractivity (Wildman–Crippen MR) is 78.8 cm³/mol. The number of halogens is 1. The van der Waals surface area contributed by atoms with Gasteiger partial charge in [0.2, 0.25) is 9.62 Å². The third kappa shape index (κ3) is 6.81. The van der Waals surface area contributed by atoms with Gasteiger partial charge in [-0.25, -0.2) is 0 Å². The maximum Gasteiger partial charge on any atom is 0.235 e. The zero-order valence-electron chi connectivity index (χ0n) is 10.9. The Bertz CT molecular complexity index is 358. The van der Waals surface area contributed by atoms with Crippen molar-refractivity contribution in [1.82, 2.24) is 9.36 Å². The molecular weight excluding hydrogens is 288 g/mol. The molecule has 0 aliphatic rings. The van der Waals surface area contributed by atoms with Gasteiger partial charge in [0, 0.05) is 5.75 Å². The normalized spacial score (nSPS) is 12.8. The molecule has 1 aromatic heterocycles. The van der Waals surface area contributed by atoms with Crippen molar-refractivity contribution >= 4 is 33.9 Å². The molecule has 0 aliphatic heterocycles. The van der Waals surface area contributed by atoms with Gasteiger partial charge in [0.15, 0.2) is 0 Å². The third-order valence-corrected chi connectivity index (χ3v) is 5.46. The molecule has 0 saturated heterocycles. The Balaban J connectivity index is 1.99. The van der Waals surface area contributed by atoms with Crippen molar-refractivity contribution in [2.24, 2.45) is 0 Å². The highest BCUT2D eigenvalue weighted by atomic mass is 35.5. The topological polar surface area (TPSA) is 42.9 Å². The number of aromatic nitrogens is 2. The first-order valence-electron chi connectivity index (χ1n) is 6.61. The first-order chi connectivity index (χ1) is 8.74. The lowest BCUT2D eigenvalue weighted by Gasteiger charge is -2.00. The molecule has 6 heteroatoms. The maximum absolute atomic E-state index is 11.8. The summed E-state index contributed by atoms with van der Waals surface area (Å²) in [5.74, 6) is 0.681. The molecule has 0 saturated carbocycles. The van der Waals surface area contributed by atoms with E-state index in [4.69, 9.17) is 11.6 Å². The fourth-order valence-electron chi connectivity index (χ4n) is 1.74. The Morgan fingerprint density at radius 2 is 1.72 bits per heavy atom. The molecule has 0 spiro atoms. The molecule has 1 unspecified atom stereocenters. The molecule has 0 aliphatic carbocycles. The second-order valence-corrected chi connectivity index (χ2v) is 7.19. The number of rotatable bonds is 10. The van der Waals surface area contributed by atoms with Crippen LogP contribution < -0.4 is 0 Å². The predicted octanol–water partition coefficient (Wildman–Crippen LogP) is 4.44. The molecule has 0 bridgehead atoms. The number of hydrogen-bond donors (Lipinski definition) is 0. The van der Waals surface area contributed by atoms with E-state index in [0.29, 0.717) is 10.1 Å². The minimum atomic E-state index is -1.01. The summed E-state index contributed by atoms with van der Waals surface area (Å²) in [7, 11) is -1.01. The van der Waals surface area contributed by atoms with Crippen LogP contribution in [0, 0.1) is 0 Å². The molecule has 1 atom stereocenters. The van der Waals surface area contributed by atoms with Gasteiger partial charge in [-0.3, -0.25) is 4.21 Å². The average Bonchev–Trinajstić information content (AvgIpc) is 2.79. The van der Waals surface area contributed by atoms with Gasteiger partial charge in [-0.2, -0.15) is 9.36 Å². The highest BCUT2D eigenvalue weighted by molar-refractivity contribution is 7.87. The standard InChI is InChI=1S/C12H21ClN2OS2/c1-2-3-4-5-6-7-8-9-10-18(16)12-14-11(13)15-17-12/h2-10H2,1H3. The van der Waals surface area contributed by atoms with Crippen LogP contribution in [0.1, 0.15) is 58.3 Å². The molecule has 0 aromatic carbocycles. The van der Waals surface area contributed by atoms with Gasteiger partial charge in [-0.1, -0.05) is 51.9 Å². The summed E-state index contributed by atoms with van der Waals surface area (Å²) in [6, 6.07) is 0. The van der Waals surface area contributed by atoms with Crippen LogP contribution in [0.15, 0.2) is 4.34 Å². The van der Waals surface area contributed by atoms with Crippen molar-refractivity contribution in [2.75, 3.05) is 5.75 Å². The average molecular weight is 309 g/mol. The molecule has 1 rings (SSSR count). The summed E-state index contributed by atoms with van der Waals surface area (Å²) in [5, 5.41) is 0.208. The fraction of sp³-hybridized carbons (Fsp3) is 0.833. The van der Waals surface area contributed by atoms with Crippen LogP contribution in [-0.4, -0.2) is 19.3 Å². The summed E-state index contributed by atoms with van der Waals surface area (Å²) in [5.41, 5.74) is 0. The summed E-state index contributed by atoms with van der Waals surface area (Å²) in [4.78, 5) is 3.93. The zero-order chi connectivity index (χ0) is 13.2. The van der Waals surface area contributed by atoms with Crippen LogP contribution >= 0.6 is 23.1 Å². The second-order valence-electron chi connectivity index (χ2n) is 4.35. The first kappa shape index (κ1) is 16.1. The first-order valence-corrected chi connectivity index (χ1v) is 9.08. The Morgan fingerprint density at radius 3 is 2.28 bits per heavy atom. The molecule has 0 radical (unpaired) electrons. The van der Waals surface area contributed by atoms with E-state index in [9.17, 15) is 4.21 Å². The van der Waals surface area contributed by atoms with Crippen LogP contribution in [0.4, 0.5) is 0 Å².